The van der Waals surface area contributed by atoms with Crippen LogP contribution in [0.15, 0.2) is 12.4 Å². The van der Waals surface area contributed by atoms with Crippen molar-refractivity contribution in [2.45, 2.75) is 18.9 Å². The van der Waals surface area contributed by atoms with E-state index < -0.39 is 0 Å². The third-order valence-electron chi connectivity index (χ3n) is 2.05. The Morgan fingerprint density at radius 2 is 2.21 bits per heavy atom. The van der Waals surface area contributed by atoms with Crippen LogP contribution >= 0.6 is 11.6 Å². The van der Waals surface area contributed by atoms with E-state index in [0.717, 1.165) is 24.9 Å². The Morgan fingerprint density at radius 3 is 2.93 bits per heavy atom. The number of hydrogen-bond donors (Lipinski definition) is 2. The van der Waals surface area contributed by atoms with Gasteiger partial charge in [-0.15, -0.1) is 0 Å². The molecule has 14 heavy (non-hydrogen) atoms. The Balaban J connectivity index is 1.68. The summed E-state index contributed by atoms with van der Waals surface area (Å²) in [5.41, 5.74) is 0. The van der Waals surface area contributed by atoms with E-state index in [9.17, 15) is 0 Å². The fourth-order valence-electron chi connectivity index (χ4n) is 1.18. The highest BCUT2D eigenvalue weighted by Crippen LogP contribution is 2.17. The van der Waals surface area contributed by atoms with E-state index in [4.69, 9.17) is 11.6 Å². The van der Waals surface area contributed by atoms with Gasteiger partial charge in [-0.3, -0.25) is 4.98 Å². The van der Waals surface area contributed by atoms with Crippen molar-refractivity contribution >= 4 is 17.4 Å². The smallest absolute Gasteiger partial charge is 0.149 e. The second-order valence-electron chi connectivity index (χ2n) is 3.38. The predicted octanol–water partition coefficient (Wildman–Crippen LogP) is 1.29. The first-order valence-electron chi connectivity index (χ1n) is 4.79. The fraction of sp³-hybridized carbons (Fsp3) is 0.556. The molecule has 4 nitrogen and oxygen atoms in total. The van der Waals surface area contributed by atoms with Gasteiger partial charge in [-0.25, -0.2) is 4.98 Å². The Hall–Kier alpha value is -0.870. The van der Waals surface area contributed by atoms with Crippen molar-refractivity contribution in [3.05, 3.63) is 17.5 Å². The minimum absolute atomic E-state index is 0.421. The molecular weight excluding hydrogens is 200 g/mol. The van der Waals surface area contributed by atoms with Crippen molar-refractivity contribution in [2.24, 2.45) is 0 Å². The monoisotopic (exact) mass is 212 g/mol. The average Bonchev–Trinajstić information content (AvgIpc) is 2.96. The molecule has 0 spiro atoms. The Kier molecular flexibility index (Phi) is 3.16. The summed E-state index contributed by atoms with van der Waals surface area (Å²) in [6.45, 7) is 1.81. The van der Waals surface area contributed by atoms with Gasteiger partial charge in [0, 0.05) is 19.1 Å². The van der Waals surface area contributed by atoms with E-state index >= 15 is 0 Å². The zero-order chi connectivity index (χ0) is 9.80. The molecule has 5 heteroatoms. The van der Waals surface area contributed by atoms with E-state index in [1.807, 2.05) is 0 Å². The number of nitrogens with one attached hydrogen (secondary N) is 2. The van der Waals surface area contributed by atoms with Crippen LogP contribution in [0.1, 0.15) is 12.8 Å². The molecule has 1 aromatic rings. The minimum Gasteiger partial charge on any atom is -0.367 e. The van der Waals surface area contributed by atoms with Crippen LogP contribution < -0.4 is 10.6 Å². The molecule has 1 fully saturated rings. The molecular formula is C9H13ClN4. The number of anilines is 1. The lowest BCUT2D eigenvalue weighted by Crippen LogP contribution is -2.24. The van der Waals surface area contributed by atoms with Crippen LogP contribution in [0.4, 0.5) is 5.82 Å². The zero-order valence-electron chi connectivity index (χ0n) is 7.83. The van der Waals surface area contributed by atoms with Gasteiger partial charge in [0.15, 0.2) is 0 Å². The Morgan fingerprint density at radius 1 is 1.36 bits per heavy atom. The van der Waals surface area contributed by atoms with E-state index in [1.165, 1.54) is 19.0 Å². The number of nitrogens with zero attached hydrogens (tertiary/aromatic N) is 2. The summed E-state index contributed by atoms with van der Waals surface area (Å²) in [4.78, 5) is 8.00. The van der Waals surface area contributed by atoms with E-state index in [0.29, 0.717) is 5.15 Å². The van der Waals surface area contributed by atoms with Gasteiger partial charge in [0.25, 0.3) is 0 Å². The zero-order valence-corrected chi connectivity index (χ0v) is 8.59. The summed E-state index contributed by atoms with van der Waals surface area (Å²) in [5, 5.41) is 6.97. The largest absolute Gasteiger partial charge is 0.367 e. The lowest BCUT2D eigenvalue weighted by Gasteiger charge is -2.05. The molecule has 0 amide bonds. The molecule has 1 saturated carbocycles. The molecule has 0 radical (unpaired) electrons. The first-order chi connectivity index (χ1) is 6.84. The first kappa shape index (κ1) is 9.68. The molecule has 2 N–H and O–H groups in total. The molecule has 76 valence electrons. The summed E-state index contributed by atoms with van der Waals surface area (Å²) < 4.78 is 0. The average molecular weight is 213 g/mol. The van der Waals surface area contributed by atoms with Crippen molar-refractivity contribution < 1.29 is 0 Å². The molecule has 0 bridgehead atoms. The van der Waals surface area contributed by atoms with Crippen molar-refractivity contribution in [1.82, 2.24) is 15.3 Å². The van der Waals surface area contributed by atoms with Crippen LogP contribution in [-0.4, -0.2) is 29.1 Å². The molecule has 1 aromatic heterocycles. The van der Waals surface area contributed by atoms with Crippen molar-refractivity contribution in [1.29, 1.82) is 0 Å². The topological polar surface area (TPSA) is 49.8 Å². The van der Waals surface area contributed by atoms with Crippen molar-refractivity contribution in [3.8, 4) is 0 Å². The molecule has 1 aliphatic rings. The third-order valence-corrected chi connectivity index (χ3v) is 2.23. The molecule has 0 unspecified atom stereocenters. The first-order valence-corrected chi connectivity index (χ1v) is 5.17. The maximum Gasteiger partial charge on any atom is 0.149 e. The normalized spacial score (nSPS) is 15.5. The van der Waals surface area contributed by atoms with Gasteiger partial charge >= 0.3 is 0 Å². The lowest BCUT2D eigenvalue weighted by atomic mass is 10.5. The summed E-state index contributed by atoms with van der Waals surface area (Å²) in [7, 11) is 0. The van der Waals surface area contributed by atoms with Gasteiger partial charge < -0.3 is 10.6 Å². The lowest BCUT2D eigenvalue weighted by molar-refractivity contribution is 0.700. The van der Waals surface area contributed by atoms with Gasteiger partial charge in [0.2, 0.25) is 0 Å². The molecule has 1 aliphatic carbocycles. The van der Waals surface area contributed by atoms with Gasteiger partial charge in [-0.2, -0.15) is 0 Å². The van der Waals surface area contributed by atoms with Crippen LogP contribution in [0.3, 0.4) is 0 Å². The Labute approximate surface area is 88.1 Å². The molecule has 0 aromatic carbocycles. The molecule has 1 heterocycles. The second kappa shape index (κ2) is 4.57. The highest BCUT2D eigenvalue weighted by Gasteiger charge is 2.19. The highest BCUT2D eigenvalue weighted by molar-refractivity contribution is 6.29. The number of aromatic nitrogens is 2. The summed E-state index contributed by atoms with van der Waals surface area (Å²) in [5.74, 6) is 0.732. The summed E-state index contributed by atoms with van der Waals surface area (Å²) in [6, 6.07) is 0.752. The van der Waals surface area contributed by atoms with Crippen molar-refractivity contribution in [2.75, 3.05) is 18.4 Å². The van der Waals surface area contributed by atoms with Gasteiger partial charge in [0.05, 0.1) is 12.4 Å². The van der Waals surface area contributed by atoms with Crippen LogP contribution in [-0.2, 0) is 0 Å². The van der Waals surface area contributed by atoms with Crippen LogP contribution in [0.25, 0.3) is 0 Å². The summed E-state index contributed by atoms with van der Waals surface area (Å²) in [6.07, 6.45) is 5.83. The SMILES string of the molecule is Clc1cncc(NCCNC2CC2)n1. The fourth-order valence-corrected chi connectivity index (χ4v) is 1.33. The highest BCUT2D eigenvalue weighted by atomic mass is 35.5. The third kappa shape index (κ3) is 3.12. The van der Waals surface area contributed by atoms with E-state index in [1.54, 1.807) is 6.20 Å². The van der Waals surface area contributed by atoms with Crippen LogP contribution in [0.5, 0.6) is 0 Å². The molecule has 0 atom stereocenters. The minimum atomic E-state index is 0.421. The maximum atomic E-state index is 5.69. The second-order valence-corrected chi connectivity index (χ2v) is 3.77. The number of rotatable bonds is 5. The summed E-state index contributed by atoms with van der Waals surface area (Å²) >= 11 is 5.69. The van der Waals surface area contributed by atoms with Gasteiger partial charge in [-0.05, 0) is 12.8 Å². The molecule has 0 aliphatic heterocycles. The van der Waals surface area contributed by atoms with Gasteiger partial charge in [-0.1, -0.05) is 11.6 Å². The van der Waals surface area contributed by atoms with E-state index in [-0.39, 0.29) is 0 Å². The van der Waals surface area contributed by atoms with E-state index in [2.05, 4.69) is 20.6 Å². The predicted molar refractivity (Wildman–Crippen MR) is 56.6 cm³/mol. The Bertz CT molecular complexity index is 301. The maximum absolute atomic E-state index is 5.69. The quantitative estimate of drug-likeness (QED) is 0.723. The molecule has 0 saturated heterocycles. The van der Waals surface area contributed by atoms with Crippen LogP contribution in [0.2, 0.25) is 5.15 Å². The number of halogens is 1. The molecule has 2 rings (SSSR count). The van der Waals surface area contributed by atoms with Crippen molar-refractivity contribution in [3.63, 3.8) is 0 Å². The van der Waals surface area contributed by atoms with Crippen LogP contribution in [0, 0.1) is 0 Å². The standard InChI is InChI=1S/C9H13ClN4/c10-8-5-11-6-9(14-8)13-4-3-12-7-1-2-7/h5-7,12H,1-4H2,(H,13,14). The van der Waals surface area contributed by atoms with Gasteiger partial charge in [0.1, 0.15) is 11.0 Å². The number of hydrogen-bond acceptors (Lipinski definition) is 4.